The van der Waals surface area contributed by atoms with E-state index in [1.807, 2.05) is 11.0 Å². The van der Waals surface area contributed by atoms with Gasteiger partial charge in [0.15, 0.2) is 17.5 Å². The van der Waals surface area contributed by atoms with Crippen molar-refractivity contribution in [3.63, 3.8) is 0 Å². The first-order valence-electron chi connectivity index (χ1n) is 11.4. The van der Waals surface area contributed by atoms with Gasteiger partial charge in [-0.25, -0.2) is 18.4 Å². The maximum atomic E-state index is 13.5. The lowest BCUT2D eigenvalue weighted by atomic mass is 10.2. The predicted molar refractivity (Wildman–Crippen MR) is 128 cm³/mol. The fourth-order valence-corrected chi connectivity index (χ4v) is 4.00. The SMILES string of the molecule is COc1cnnc(N2CCN(C(=O)Cn3nc(-c4ccc(F)cc4)nc3-c3ccc(F)cc3)CC2)c1. The molecule has 0 spiro atoms. The zero-order valence-electron chi connectivity index (χ0n) is 19.5. The maximum Gasteiger partial charge on any atom is 0.244 e. The molecule has 184 valence electrons. The number of ether oxygens (including phenoxy) is 1. The number of carbonyl (C=O) groups excluding carboxylic acids is 1. The topological polar surface area (TPSA) is 89.3 Å². The summed E-state index contributed by atoms with van der Waals surface area (Å²) in [6, 6.07) is 13.4. The van der Waals surface area contributed by atoms with Gasteiger partial charge in [-0.05, 0) is 48.5 Å². The van der Waals surface area contributed by atoms with Gasteiger partial charge < -0.3 is 14.5 Å². The van der Waals surface area contributed by atoms with Crippen molar-refractivity contribution in [2.24, 2.45) is 0 Å². The molecule has 4 aromatic rings. The van der Waals surface area contributed by atoms with Crippen LogP contribution in [0.3, 0.4) is 0 Å². The summed E-state index contributed by atoms with van der Waals surface area (Å²) >= 11 is 0. The summed E-state index contributed by atoms with van der Waals surface area (Å²) in [7, 11) is 1.57. The van der Waals surface area contributed by atoms with Gasteiger partial charge in [0.05, 0.1) is 13.3 Å². The van der Waals surface area contributed by atoms with Gasteiger partial charge in [0.2, 0.25) is 5.91 Å². The van der Waals surface area contributed by atoms with E-state index in [9.17, 15) is 13.6 Å². The molecule has 1 saturated heterocycles. The van der Waals surface area contributed by atoms with Crippen molar-refractivity contribution in [3.05, 3.63) is 72.4 Å². The summed E-state index contributed by atoms with van der Waals surface area (Å²) in [5.41, 5.74) is 1.23. The number of anilines is 1. The Morgan fingerprint density at radius 1 is 0.944 bits per heavy atom. The Balaban J connectivity index is 1.34. The zero-order chi connectivity index (χ0) is 25.1. The number of hydrogen-bond donors (Lipinski definition) is 0. The van der Waals surface area contributed by atoms with Gasteiger partial charge >= 0.3 is 0 Å². The third-order valence-electron chi connectivity index (χ3n) is 5.97. The summed E-state index contributed by atoms with van der Waals surface area (Å²) < 4.78 is 33.6. The van der Waals surface area contributed by atoms with E-state index in [0.717, 1.165) is 0 Å². The molecule has 36 heavy (non-hydrogen) atoms. The van der Waals surface area contributed by atoms with Crippen molar-refractivity contribution >= 4 is 11.7 Å². The number of aromatic nitrogens is 5. The molecule has 0 N–H and O–H groups in total. The maximum absolute atomic E-state index is 13.5. The smallest absolute Gasteiger partial charge is 0.244 e. The van der Waals surface area contributed by atoms with Crippen LogP contribution in [0, 0.1) is 11.6 Å². The predicted octanol–water partition coefficient (Wildman–Crippen LogP) is 3.04. The van der Waals surface area contributed by atoms with Crippen LogP contribution in [0.5, 0.6) is 5.75 Å². The van der Waals surface area contributed by atoms with E-state index in [4.69, 9.17) is 4.74 Å². The van der Waals surface area contributed by atoms with E-state index in [0.29, 0.717) is 60.5 Å². The zero-order valence-corrected chi connectivity index (χ0v) is 19.5. The van der Waals surface area contributed by atoms with Crippen LogP contribution >= 0.6 is 0 Å². The molecule has 0 saturated carbocycles. The van der Waals surface area contributed by atoms with E-state index < -0.39 is 0 Å². The number of amides is 1. The monoisotopic (exact) mass is 491 g/mol. The molecule has 2 aromatic carbocycles. The number of rotatable bonds is 6. The van der Waals surface area contributed by atoms with Gasteiger partial charge in [-0.2, -0.15) is 5.10 Å². The number of halogens is 2. The second kappa shape index (κ2) is 10.1. The lowest BCUT2D eigenvalue weighted by Crippen LogP contribution is -2.50. The number of methoxy groups -OCH3 is 1. The largest absolute Gasteiger partial charge is 0.495 e. The van der Waals surface area contributed by atoms with Crippen LogP contribution in [-0.4, -0.2) is 69.1 Å². The first-order chi connectivity index (χ1) is 17.5. The average molecular weight is 492 g/mol. The number of nitrogens with zero attached hydrogens (tertiary/aromatic N) is 7. The lowest BCUT2D eigenvalue weighted by molar-refractivity contribution is -0.132. The van der Waals surface area contributed by atoms with Gasteiger partial charge in [-0.3, -0.25) is 4.79 Å². The van der Waals surface area contributed by atoms with Crippen LogP contribution in [0.4, 0.5) is 14.6 Å². The van der Waals surface area contributed by atoms with E-state index >= 15 is 0 Å². The van der Waals surface area contributed by atoms with Crippen LogP contribution in [-0.2, 0) is 11.3 Å². The first kappa shape index (κ1) is 23.3. The van der Waals surface area contributed by atoms with Crippen molar-refractivity contribution in [3.8, 4) is 28.5 Å². The summed E-state index contributed by atoms with van der Waals surface area (Å²) in [5.74, 6) is 1.22. The van der Waals surface area contributed by atoms with Gasteiger partial charge in [0.1, 0.15) is 23.9 Å². The minimum atomic E-state index is -0.377. The quantitative estimate of drug-likeness (QED) is 0.410. The Hall–Kier alpha value is -4.41. The van der Waals surface area contributed by atoms with Gasteiger partial charge in [0.25, 0.3) is 0 Å². The van der Waals surface area contributed by atoms with E-state index in [1.54, 1.807) is 42.5 Å². The van der Waals surface area contributed by atoms with Crippen LogP contribution in [0.2, 0.25) is 0 Å². The van der Waals surface area contributed by atoms with Crippen molar-refractivity contribution in [2.75, 3.05) is 38.2 Å². The second-order valence-electron chi connectivity index (χ2n) is 8.25. The molecule has 0 bridgehead atoms. The Kier molecular flexibility index (Phi) is 6.52. The Morgan fingerprint density at radius 2 is 1.58 bits per heavy atom. The summed E-state index contributed by atoms with van der Waals surface area (Å²) in [5, 5.41) is 12.6. The van der Waals surface area contributed by atoms with Crippen molar-refractivity contribution in [1.29, 1.82) is 0 Å². The third kappa shape index (κ3) is 4.99. The van der Waals surface area contributed by atoms with E-state index in [2.05, 4.69) is 20.3 Å². The Morgan fingerprint density at radius 3 is 2.22 bits per heavy atom. The fraction of sp³-hybridized carbons (Fsp3) is 0.240. The molecule has 1 fully saturated rings. The van der Waals surface area contributed by atoms with Gasteiger partial charge in [-0.1, -0.05) is 0 Å². The number of benzene rings is 2. The normalized spacial score (nSPS) is 13.6. The van der Waals surface area contributed by atoms with Gasteiger partial charge in [-0.15, -0.1) is 10.2 Å². The van der Waals surface area contributed by atoms with E-state index in [1.165, 1.54) is 28.9 Å². The van der Waals surface area contributed by atoms with Crippen LogP contribution in [0.15, 0.2) is 60.8 Å². The first-order valence-corrected chi connectivity index (χ1v) is 11.4. The minimum Gasteiger partial charge on any atom is -0.495 e. The molecule has 1 aliphatic rings. The molecule has 5 rings (SSSR count). The molecule has 1 aliphatic heterocycles. The highest BCUT2D eigenvalue weighted by Gasteiger charge is 2.24. The molecule has 0 unspecified atom stereocenters. The van der Waals surface area contributed by atoms with Crippen LogP contribution < -0.4 is 9.64 Å². The molecule has 0 aliphatic carbocycles. The standard InChI is InChI=1S/C25H23F2N7O2/c1-36-21-14-22(30-28-15-21)32-10-12-33(13-11-32)23(35)16-34-25(18-4-8-20(27)9-5-18)29-24(31-34)17-2-6-19(26)7-3-17/h2-9,14-15H,10-13,16H2,1H3. The highest BCUT2D eigenvalue weighted by Crippen LogP contribution is 2.24. The van der Waals surface area contributed by atoms with Crippen molar-refractivity contribution < 1.29 is 18.3 Å². The summed E-state index contributed by atoms with van der Waals surface area (Å²) in [4.78, 5) is 21.6. The summed E-state index contributed by atoms with van der Waals surface area (Å²) in [6.45, 7) is 2.15. The average Bonchev–Trinajstić information content (AvgIpc) is 3.33. The molecule has 0 atom stereocenters. The molecule has 9 nitrogen and oxygen atoms in total. The molecule has 2 aromatic heterocycles. The summed E-state index contributed by atoms with van der Waals surface area (Å²) in [6.07, 6.45) is 1.54. The number of hydrogen-bond acceptors (Lipinski definition) is 7. The van der Waals surface area contributed by atoms with E-state index in [-0.39, 0.29) is 24.1 Å². The number of piperazine rings is 1. The lowest BCUT2D eigenvalue weighted by Gasteiger charge is -2.35. The third-order valence-corrected chi connectivity index (χ3v) is 5.97. The molecule has 1 amide bonds. The molecular formula is C25H23F2N7O2. The molecular weight excluding hydrogens is 468 g/mol. The molecule has 3 heterocycles. The van der Waals surface area contributed by atoms with Gasteiger partial charge in [0, 0.05) is 43.4 Å². The van der Waals surface area contributed by atoms with Crippen molar-refractivity contribution in [2.45, 2.75) is 6.54 Å². The molecule has 11 heteroatoms. The second-order valence-corrected chi connectivity index (χ2v) is 8.25. The number of carbonyl (C=O) groups is 1. The fourth-order valence-electron chi connectivity index (χ4n) is 4.00. The van der Waals surface area contributed by atoms with Crippen molar-refractivity contribution in [1.82, 2.24) is 29.9 Å². The van der Waals surface area contributed by atoms with Crippen LogP contribution in [0.1, 0.15) is 0 Å². The van der Waals surface area contributed by atoms with Crippen LogP contribution in [0.25, 0.3) is 22.8 Å². The Bertz CT molecular complexity index is 1350. The molecule has 0 radical (unpaired) electrons. The minimum absolute atomic E-state index is 0.0418. The highest BCUT2D eigenvalue weighted by molar-refractivity contribution is 5.77. The Labute approximate surface area is 206 Å². The highest BCUT2D eigenvalue weighted by atomic mass is 19.1.